The van der Waals surface area contributed by atoms with Crippen LogP contribution in [0.4, 0.5) is 4.39 Å². The van der Waals surface area contributed by atoms with E-state index in [1.165, 1.54) is 29.7 Å². The van der Waals surface area contributed by atoms with Crippen LogP contribution in [0.25, 0.3) is 0 Å². The van der Waals surface area contributed by atoms with Gasteiger partial charge in [0, 0.05) is 5.56 Å². The quantitative estimate of drug-likeness (QED) is 0.696. The fourth-order valence-corrected chi connectivity index (χ4v) is 3.99. The van der Waals surface area contributed by atoms with E-state index in [0.29, 0.717) is 24.2 Å². The van der Waals surface area contributed by atoms with E-state index in [1.54, 1.807) is 24.3 Å². The Hall–Kier alpha value is -2.44. The molecule has 0 bridgehead atoms. The molecular formula is C20H18FNO3S. The zero-order chi connectivity index (χ0) is 18.2. The van der Waals surface area contributed by atoms with Crippen LogP contribution in [-0.4, -0.2) is 17.6 Å². The topological polar surface area (TPSA) is 62.5 Å². The second-order valence-corrected chi connectivity index (χ2v) is 7.40. The van der Waals surface area contributed by atoms with Crippen molar-refractivity contribution in [3.8, 4) is 0 Å². The summed E-state index contributed by atoms with van der Waals surface area (Å²) >= 11 is 1.46. The fraction of sp³-hybridized carbons (Fsp3) is 0.250. The lowest BCUT2D eigenvalue weighted by Gasteiger charge is -2.27. The lowest BCUT2D eigenvalue weighted by atomic mass is 9.91. The van der Waals surface area contributed by atoms with Crippen LogP contribution in [0.15, 0.2) is 63.9 Å². The number of halogens is 1. The number of aliphatic hydroxyl groups is 1. The van der Waals surface area contributed by atoms with Crippen LogP contribution < -0.4 is 5.32 Å². The molecule has 0 spiro atoms. The first-order chi connectivity index (χ1) is 12.5. The molecule has 1 amide bonds. The molecule has 0 unspecified atom stereocenters. The molecule has 1 aliphatic rings. The number of carbonyl (C=O) groups is 1. The van der Waals surface area contributed by atoms with Gasteiger partial charge in [0.05, 0.1) is 18.2 Å². The fourth-order valence-electron chi connectivity index (χ4n) is 3.26. The summed E-state index contributed by atoms with van der Waals surface area (Å²) in [6, 6.07) is 11.2. The lowest BCUT2D eigenvalue weighted by molar-refractivity contribution is -0.124. The molecule has 1 atom stereocenters. The molecule has 6 heteroatoms. The highest BCUT2D eigenvalue weighted by Crippen LogP contribution is 2.48. The molecule has 1 aliphatic carbocycles. The summed E-state index contributed by atoms with van der Waals surface area (Å²) < 4.78 is 18.6. The number of nitrogens with one attached hydrogen (secondary N) is 1. The zero-order valence-corrected chi connectivity index (χ0v) is 14.8. The largest absolute Gasteiger partial charge is 0.466 e. The molecule has 134 valence electrons. The normalized spacial score (nSPS) is 17.5. The Morgan fingerprint density at radius 2 is 2.04 bits per heavy atom. The number of hydrogen-bond donors (Lipinski definition) is 2. The van der Waals surface area contributed by atoms with Crippen LogP contribution in [0.3, 0.4) is 0 Å². The van der Waals surface area contributed by atoms with Gasteiger partial charge in [0.1, 0.15) is 11.6 Å². The first-order valence-electron chi connectivity index (χ1n) is 8.38. The number of thiophene rings is 1. The Balaban J connectivity index is 1.55. The van der Waals surface area contributed by atoms with Gasteiger partial charge in [-0.2, -0.15) is 11.3 Å². The molecule has 2 N–H and O–H groups in total. The maximum atomic E-state index is 13.2. The summed E-state index contributed by atoms with van der Waals surface area (Å²) in [6.07, 6.45) is 2.92. The molecule has 0 aliphatic heterocycles. The van der Waals surface area contributed by atoms with Crippen LogP contribution >= 0.6 is 11.3 Å². The number of hydrogen-bond acceptors (Lipinski definition) is 4. The van der Waals surface area contributed by atoms with Crippen LogP contribution in [0.2, 0.25) is 0 Å². The van der Waals surface area contributed by atoms with Crippen molar-refractivity contribution in [1.29, 1.82) is 0 Å². The number of amides is 1. The molecule has 0 saturated heterocycles. The van der Waals surface area contributed by atoms with Gasteiger partial charge in [0.2, 0.25) is 5.91 Å². The summed E-state index contributed by atoms with van der Waals surface area (Å²) in [4.78, 5) is 12.9. The van der Waals surface area contributed by atoms with E-state index >= 15 is 0 Å². The predicted molar refractivity (Wildman–Crippen MR) is 96.3 cm³/mol. The molecule has 3 aromatic rings. The summed E-state index contributed by atoms with van der Waals surface area (Å²) in [5.74, 6) is -0.109. The van der Waals surface area contributed by atoms with Crippen molar-refractivity contribution in [2.24, 2.45) is 0 Å². The van der Waals surface area contributed by atoms with E-state index in [-0.39, 0.29) is 18.3 Å². The monoisotopic (exact) mass is 371 g/mol. The van der Waals surface area contributed by atoms with E-state index in [2.05, 4.69) is 5.32 Å². The molecule has 26 heavy (non-hydrogen) atoms. The Bertz CT molecular complexity index is 850. The van der Waals surface area contributed by atoms with Crippen molar-refractivity contribution in [1.82, 2.24) is 5.32 Å². The van der Waals surface area contributed by atoms with Crippen molar-refractivity contribution in [2.75, 3.05) is 6.54 Å². The van der Waals surface area contributed by atoms with Gasteiger partial charge in [-0.25, -0.2) is 4.39 Å². The third kappa shape index (κ3) is 2.85. The van der Waals surface area contributed by atoms with Gasteiger partial charge in [-0.15, -0.1) is 0 Å². The Labute approximate surface area is 154 Å². The lowest BCUT2D eigenvalue weighted by Crippen LogP contribution is -2.44. The standard InChI is InChI=1S/C20H18FNO3S/c21-16-5-3-14(4-6-16)19(8-9-19)18(23)22-13-20(24,15-7-11-26-12-15)17-2-1-10-25-17/h1-7,10-12,24H,8-9,13H2,(H,22,23)/t20-/m0/s1. The Kier molecular flexibility index (Phi) is 4.17. The number of benzene rings is 1. The average molecular weight is 371 g/mol. The summed E-state index contributed by atoms with van der Waals surface area (Å²) in [7, 11) is 0. The smallest absolute Gasteiger partial charge is 0.230 e. The van der Waals surface area contributed by atoms with Crippen molar-refractivity contribution in [2.45, 2.75) is 23.9 Å². The van der Waals surface area contributed by atoms with Crippen LogP contribution in [0.1, 0.15) is 29.7 Å². The minimum atomic E-state index is -1.43. The van der Waals surface area contributed by atoms with E-state index in [9.17, 15) is 14.3 Å². The first kappa shape index (κ1) is 17.0. The van der Waals surface area contributed by atoms with E-state index in [0.717, 1.165) is 5.56 Å². The second kappa shape index (κ2) is 6.37. The summed E-state index contributed by atoms with van der Waals surface area (Å²) in [5.41, 5.74) is -0.595. The number of carbonyl (C=O) groups excluding carboxylic acids is 1. The maximum Gasteiger partial charge on any atom is 0.230 e. The molecule has 0 radical (unpaired) electrons. The van der Waals surface area contributed by atoms with Gasteiger partial charge < -0.3 is 14.8 Å². The molecular weight excluding hydrogens is 353 g/mol. The van der Waals surface area contributed by atoms with Crippen molar-refractivity contribution in [3.63, 3.8) is 0 Å². The van der Waals surface area contributed by atoms with Gasteiger partial charge in [-0.3, -0.25) is 4.79 Å². The van der Waals surface area contributed by atoms with Gasteiger partial charge in [-0.1, -0.05) is 12.1 Å². The van der Waals surface area contributed by atoms with Crippen molar-refractivity contribution >= 4 is 17.2 Å². The Morgan fingerprint density at radius 1 is 1.27 bits per heavy atom. The number of furan rings is 1. The van der Waals surface area contributed by atoms with Gasteiger partial charge in [0.25, 0.3) is 0 Å². The highest BCUT2D eigenvalue weighted by atomic mass is 32.1. The van der Waals surface area contributed by atoms with Gasteiger partial charge >= 0.3 is 0 Å². The SMILES string of the molecule is O=C(NC[C@](O)(c1ccsc1)c1ccco1)C1(c2ccc(F)cc2)CC1. The first-order valence-corrected chi connectivity index (χ1v) is 9.32. The second-order valence-electron chi connectivity index (χ2n) is 6.62. The van der Waals surface area contributed by atoms with Crippen LogP contribution in [-0.2, 0) is 15.8 Å². The number of rotatable bonds is 6. The molecule has 4 nitrogen and oxygen atoms in total. The zero-order valence-electron chi connectivity index (χ0n) is 13.9. The van der Waals surface area contributed by atoms with E-state index < -0.39 is 11.0 Å². The predicted octanol–water partition coefficient (Wildman–Crippen LogP) is 3.56. The highest BCUT2D eigenvalue weighted by Gasteiger charge is 2.51. The van der Waals surface area contributed by atoms with E-state index in [1.807, 2.05) is 16.8 Å². The van der Waals surface area contributed by atoms with Crippen LogP contribution in [0, 0.1) is 5.82 Å². The average Bonchev–Trinajstić information content (AvgIpc) is 3.08. The summed E-state index contributed by atoms with van der Waals surface area (Å²) in [5, 5.41) is 17.8. The highest BCUT2D eigenvalue weighted by molar-refractivity contribution is 7.08. The minimum absolute atomic E-state index is 0.000968. The molecule has 1 fully saturated rings. The summed E-state index contributed by atoms with van der Waals surface area (Å²) in [6.45, 7) is -0.000968. The molecule has 2 aromatic heterocycles. The third-order valence-electron chi connectivity index (χ3n) is 5.01. The van der Waals surface area contributed by atoms with Crippen molar-refractivity contribution < 1.29 is 18.7 Å². The molecule has 1 saturated carbocycles. The van der Waals surface area contributed by atoms with Gasteiger partial charge in [0.15, 0.2) is 5.60 Å². The Morgan fingerprint density at radius 3 is 2.62 bits per heavy atom. The van der Waals surface area contributed by atoms with E-state index in [4.69, 9.17) is 4.42 Å². The minimum Gasteiger partial charge on any atom is -0.466 e. The third-order valence-corrected chi connectivity index (χ3v) is 5.70. The van der Waals surface area contributed by atoms with Crippen LogP contribution in [0.5, 0.6) is 0 Å². The molecule has 4 rings (SSSR count). The van der Waals surface area contributed by atoms with Gasteiger partial charge in [-0.05, 0) is 59.5 Å². The maximum absolute atomic E-state index is 13.2. The molecule has 2 heterocycles. The van der Waals surface area contributed by atoms with Crippen molar-refractivity contribution in [3.05, 3.63) is 82.2 Å². The molecule has 1 aromatic carbocycles.